The van der Waals surface area contributed by atoms with E-state index >= 15 is 0 Å². The van der Waals surface area contributed by atoms with Gasteiger partial charge < -0.3 is 14.8 Å². The highest BCUT2D eigenvalue weighted by Crippen LogP contribution is 2.37. The van der Waals surface area contributed by atoms with Gasteiger partial charge in [-0.1, -0.05) is 32.4 Å². The molecule has 1 aliphatic heterocycles. The lowest BCUT2D eigenvalue weighted by Gasteiger charge is -2.39. The summed E-state index contributed by atoms with van der Waals surface area (Å²) in [5, 5.41) is 3.65. The van der Waals surface area contributed by atoms with E-state index in [0.717, 1.165) is 43.2 Å². The molecule has 0 spiro atoms. The molecule has 0 bridgehead atoms. The zero-order valence-corrected chi connectivity index (χ0v) is 17.5. The predicted octanol–water partition coefficient (Wildman–Crippen LogP) is 5.43. The second kappa shape index (κ2) is 10.3. The first-order valence-corrected chi connectivity index (χ1v) is 10.4. The topological polar surface area (TPSA) is 30.5 Å². The SMILES string of the molecule is COc1ccc(CNCC[C@@H](CCC(C)C)[C@H]2CCOC(C)(C)C2)cc1. The van der Waals surface area contributed by atoms with Crippen molar-refractivity contribution in [3.63, 3.8) is 0 Å². The fourth-order valence-corrected chi connectivity index (χ4v) is 4.11. The van der Waals surface area contributed by atoms with Crippen LogP contribution in [0.5, 0.6) is 5.75 Å². The first-order valence-electron chi connectivity index (χ1n) is 10.4. The van der Waals surface area contributed by atoms with Crippen molar-refractivity contribution in [3.05, 3.63) is 29.8 Å². The van der Waals surface area contributed by atoms with E-state index in [-0.39, 0.29) is 5.60 Å². The molecule has 1 aromatic carbocycles. The molecule has 2 atom stereocenters. The average Bonchev–Trinajstić information content (AvgIpc) is 2.60. The van der Waals surface area contributed by atoms with E-state index < -0.39 is 0 Å². The maximum absolute atomic E-state index is 5.95. The third-order valence-electron chi connectivity index (χ3n) is 5.70. The van der Waals surface area contributed by atoms with Crippen LogP contribution in [-0.4, -0.2) is 25.9 Å². The minimum Gasteiger partial charge on any atom is -0.497 e. The molecule has 0 unspecified atom stereocenters. The summed E-state index contributed by atoms with van der Waals surface area (Å²) in [6.07, 6.45) is 6.38. The molecule has 3 heteroatoms. The fraction of sp³-hybridized carbons (Fsp3) is 0.739. The molecular formula is C23H39NO2. The van der Waals surface area contributed by atoms with E-state index in [9.17, 15) is 0 Å². The van der Waals surface area contributed by atoms with Gasteiger partial charge in [-0.05, 0) is 81.5 Å². The molecule has 0 aliphatic carbocycles. The van der Waals surface area contributed by atoms with E-state index in [2.05, 4.69) is 45.1 Å². The lowest BCUT2D eigenvalue weighted by Crippen LogP contribution is -2.37. The van der Waals surface area contributed by atoms with Crippen LogP contribution in [0.15, 0.2) is 24.3 Å². The summed E-state index contributed by atoms with van der Waals surface area (Å²) in [4.78, 5) is 0. The van der Waals surface area contributed by atoms with Crippen molar-refractivity contribution in [2.24, 2.45) is 17.8 Å². The van der Waals surface area contributed by atoms with Gasteiger partial charge in [-0.25, -0.2) is 0 Å². The highest BCUT2D eigenvalue weighted by molar-refractivity contribution is 5.26. The van der Waals surface area contributed by atoms with Gasteiger partial charge in [0.1, 0.15) is 5.75 Å². The van der Waals surface area contributed by atoms with Gasteiger partial charge in [0.15, 0.2) is 0 Å². The standard InChI is InChI=1S/C23H39NO2/c1-18(2)6-9-20(21-13-15-26-23(3,4)16-21)12-14-24-17-19-7-10-22(25-5)11-8-19/h7-8,10-11,18,20-21,24H,6,9,12-17H2,1-5H3/t20-,21+/m1/s1. The lowest BCUT2D eigenvalue weighted by atomic mass is 9.75. The average molecular weight is 362 g/mol. The second-order valence-electron chi connectivity index (χ2n) is 8.91. The predicted molar refractivity (Wildman–Crippen MR) is 110 cm³/mol. The van der Waals surface area contributed by atoms with Crippen LogP contribution in [0.2, 0.25) is 0 Å². The minimum atomic E-state index is 0.0511. The van der Waals surface area contributed by atoms with Crippen molar-refractivity contribution in [3.8, 4) is 5.75 Å². The highest BCUT2D eigenvalue weighted by atomic mass is 16.5. The van der Waals surface area contributed by atoms with Crippen molar-refractivity contribution in [2.45, 2.75) is 71.9 Å². The van der Waals surface area contributed by atoms with Crippen LogP contribution in [0.25, 0.3) is 0 Å². The van der Waals surface area contributed by atoms with Gasteiger partial charge in [0.2, 0.25) is 0 Å². The van der Waals surface area contributed by atoms with Crippen molar-refractivity contribution < 1.29 is 9.47 Å². The lowest BCUT2D eigenvalue weighted by molar-refractivity contribution is -0.0839. The largest absolute Gasteiger partial charge is 0.497 e. The zero-order chi connectivity index (χ0) is 19.0. The molecule has 0 aromatic heterocycles. The molecule has 148 valence electrons. The van der Waals surface area contributed by atoms with E-state index in [1.165, 1.54) is 37.7 Å². The number of benzene rings is 1. The van der Waals surface area contributed by atoms with Gasteiger partial charge in [-0.2, -0.15) is 0 Å². The first kappa shape index (κ1) is 21.2. The Morgan fingerprint density at radius 3 is 2.50 bits per heavy atom. The summed E-state index contributed by atoms with van der Waals surface area (Å²) in [6, 6.07) is 8.35. The summed E-state index contributed by atoms with van der Waals surface area (Å²) in [5.74, 6) is 3.33. The van der Waals surface area contributed by atoms with Crippen LogP contribution in [0.1, 0.15) is 65.4 Å². The maximum Gasteiger partial charge on any atom is 0.118 e. The van der Waals surface area contributed by atoms with Crippen LogP contribution in [0.3, 0.4) is 0 Å². The molecular weight excluding hydrogens is 322 g/mol. The molecule has 0 radical (unpaired) electrons. The van der Waals surface area contributed by atoms with Crippen LogP contribution < -0.4 is 10.1 Å². The third-order valence-corrected chi connectivity index (χ3v) is 5.70. The molecule has 1 N–H and O–H groups in total. The zero-order valence-electron chi connectivity index (χ0n) is 17.5. The molecule has 1 aromatic rings. The number of hydrogen-bond donors (Lipinski definition) is 1. The number of nitrogens with one attached hydrogen (secondary N) is 1. The Balaban J connectivity index is 1.81. The number of rotatable bonds is 10. The first-order chi connectivity index (χ1) is 12.4. The van der Waals surface area contributed by atoms with Crippen molar-refractivity contribution >= 4 is 0 Å². The molecule has 3 nitrogen and oxygen atoms in total. The van der Waals surface area contributed by atoms with Crippen LogP contribution >= 0.6 is 0 Å². The molecule has 1 heterocycles. The van der Waals surface area contributed by atoms with E-state index in [4.69, 9.17) is 9.47 Å². The quantitative estimate of drug-likeness (QED) is 0.563. The van der Waals surface area contributed by atoms with Crippen molar-refractivity contribution in [2.75, 3.05) is 20.3 Å². The smallest absolute Gasteiger partial charge is 0.118 e. The summed E-state index contributed by atoms with van der Waals surface area (Å²) in [6.45, 7) is 12.1. The second-order valence-corrected chi connectivity index (χ2v) is 8.91. The number of methoxy groups -OCH3 is 1. The van der Waals surface area contributed by atoms with Gasteiger partial charge in [-0.3, -0.25) is 0 Å². The summed E-state index contributed by atoms with van der Waals surface area (Å²) in [7, 11) is 1.71. The normalized spacial score (nSPS) is 20.9. The monoisotopic (exact) mass is 361 g/mol. The molecule has 1 fully saturated rings. The van der Waals surface area contributed by atoms with Gasteiger partial charge in [-0.15, -0.1) is 0 Å². The Kier molecular flexibility index (Phi) is 8.43. The van der Waals surface area contributed by atoms with Crippen molar-refractivity contribution in [1.29, 1.82) is 0 Å². The summed E-state index contributed by atoms with van der Waals surface area (Å²) >= 11 is 0. The Hall–Kier alpha value is -1.06. The Morgan fingerprint density at radius 1 is 1.15 bits per heavy atom. The minimum absolute atomic E-state index is 0.0511. The van der Waals surface area contributed by atoms with Crippen LogP contribution in [0.4, 0.5) is 0 Å². The highest BCUT2D eigenvalue weighted by Gasteiger charge is 2.33. The maximum atomic E-state index is 5.95. The molecule has 0 saturated carbocycles. The van der Waals surface area contributed by atoms with E-state index in [0.29, 0.717) is 0 Å². The van der Waals surface area contributed by atoms with Crippen molar-refractivity contribution in [1.82, 2.24) is 5.32 Å². The molecule has 1 aliphatic rings. The number of hydrogen-bond acceptors (Lipinski definition) is 3. The Labute approximate surface area is 160 Å². The van der Waals surface area contributed by atoms with Gasteiger partial charge in [0, 0.05) is 13.2 Å². The third kappa shape index (κ3) is 7.28. The summed E-state index contributed by atoms with van der Waals surface area (Å²) in [5.41, 5.74) is 1.37. The van der Waals surface area contributed by atoms with Gasteiger partial charge in [0.25, 0.3) is 0 Å². The number of ether oxygens (including phenoxy) is 2. The molecule has 2 rings (SSSR count). The van der Waals surface area contributed by atoms with Crippen LogP contribution in [-0.2, 0) is 11.3 Å². The summed E-state index contributed by atoms with van der Waals surface area (Å²) < 4.78 is 11.2. The van der Waals surface area contributed by atoms with Gasteiger partial charge in [0.05, 0.1) is 12.7 Å². The van der Waals surface area contributed by atoms with Crippen LogP contribution in [0, 0.1) is 17.8 Å². The van der Waals surface area contributed by atoms with E-state index in [1.54, 1.807) is 7.11 Å². The Morgan fingerprint density at radius 2 is 1.88 bits per heavy atom. The van der Waals surface area contributed by atoms with Gasteiger partial charge >= 0.3 is 0 Å². The molecule has 26 heavy (non-hydrogen) atoms. The molecule has 1 saturated heterocycles. The van der Waals surface area contributed by atoms with E-state index in [1.807, 2.05) is 12.1 Å². The fourth-order valence-electron chi connectivity index (χ4n) is 4.11. The Bertz CT molecular complexity index is 509. The molecule has 0 amide bonds.